The maximum absolute atomic E-state index is 11.2. The van der Waals surface area contributed by atoms with E-state index in [4.69, 9.17) is 0 Å². The molecule has 0 bridgehead atoms. The largest absolute Gasteiger partial charge is 0.353 e. The Balaban J connectivity index is 1.90. The highest BCUT2D eigenvalue weighted by Gasteiger charge is 2.39. The third-order valence-electron chi connectivity index (χ3n) is 3.42. The van der Waals surface area contributed by atoms with Crippen molar-refractivity contribution in [2.24, 2.45) is 11.8 Å². The van der Waals surface area contributed by atoms with Crippen LogP contribution in [0.4, 0.5) is 0 Å². The second-order valence-corrected chi connectivity index (χ2v) is 4.19. The first-order valence-electron chi connectivity index (χ1n) is 5.31. The predicted molar refractivity (Wildman–Crippen MR) is 51.3 cm³/mol. The SMILES string of the molecule is CCC(=O)NC1CCC2CNCC21. The first-order chi connectivity index (χ1) is 6.31. The van der Waals surface area contributed by atoms with Crippen molar-refractivity contribution < 1.29 is 4.79 Å². The van der Waals surface area contributed by atoms with Crippen LogP contribution in [0, 0.1) is 11.8 Å². The van der Waals surface area contributed by atoms with Crippen molar-refractivity contribution in [3.8, 4) is 0 Å². The van der Waals surface area contributed by atoms with Gasteiger partial charge in [-0.25, -0.2) is 0 Å². The summed E-state index contributed by atoms with van der Waals surface area (Å²) in [6, 6.07) is 0.451. The Hall–Kier alpha value is -0.570. The molecule has 1 aliphatic heterocycles. The first-order valence-corrected chi connectivity index (χ1v) is 5.31. The van der Waals surface area contributed by atoms with Crippen LogP contribution in [0.25, 0.3) is 0 Å². The molecule has 0 radical (unpaired) electrons. The van der Waals surface area contributed by atoms with E-state index in [0.717, 1.165) is 19.0 Å². The standard InChI is InChI=1S/C10H18N2O/c1-2-10(13)12-9-4-3-7-5-11-6-8(7)9/h7-9,11H,2-6H2,1H3,(H,12,13). The smallest absolute Gasteiger partial charge is 0.219 e. The molecular weight excluding hydrogens is 164 g/mol. The summed E-state index contributed by atoms with van der Waals surface area (Å²) in [6.07, 6.45) is 3.08. The monoisotopic (exact) mass is 182 g/mol. The molecule has 0 spiro atoms. The number of rotatable bonds is 2. The maximum Gasteiger partial charge on any atom is 0.219 e. The van der Waals surface area contributed by atoms with Crippen molar-refractivity contribution in [2.45, 2.75) is 32.2 Å². The molecule has 2 N–H and O–H groups in total. The average molecular weight is 182 g/mol. The van der Waals surface area contributed by atoms with Crippen molar-refractivity contribution in [1.29, 1.82) is 0 Å². The van der Waals surface area contributed by atoms with Crippen LogP contribution in [0.3, 0.4) is 0 Å². The van der Waals surface area contributed by atoms with Crippen LogP contribution in [0.15, 0.2) is 0 Å². The summed E-state index contributed by atoms with van der Waals surface area (Å²) in [4.78, 5) is 11.2. The topological polar surface area (TPSA) is 41.1 Å². The van der Waals surface area contributed by atoms with Gasteiger partial charge in [0.2, 0.25) is 5.91 Å². The number of fused-ring (bicyclic) bond motifs is 1. The number of carbonyl (C=O) groups is 1. The highest BCUT2D eigenvalue weighted by Crippen LogP contribution is 2.34. The summed E-state index contributed by atoms with van der Waals surface area (Å²) in [5.74, 6) is 1.73. The fourth-order valence-corrected chi connectivity index (χ4v) is 2.64. The Morgan fingerprint density at radius 1 is 1.46 bits per heavy atom. The van der Waals surface area contributed by atoms with Gasteiger partial charge in [0, 0.05) is 19.0 Å². The number of carbonyl (C=O) groups excluding carboxylic acids is 1. The van der Waals surface area contributed by atoms with Crippen LogP contribution in [0.1, 0.15) is 26.2 Å². The van der Waals surface area contributed by atoms with E-state index < -0.39 is 0 Å². The third kappa shape index (κ3) is 1.70. The number of hydrogen-bond acceptors (Lipinski definition) is 2. The van der Waals surface area contributed by atoms with E-state index in [9.17, 15) is 4.79 Å². The summed E-state index contributed by atoms with van der Waals surface area (Å²) in [7, 11) is 0. The first kappa shape index (κ1) is 9.00. The fourth-order valence-electron chi connectivity index (χ4n) is 2.64. The maximum atomic E-state index is 11.2. The quantitative estimate of drug-likeness (QED) is 0.653. The molecule has 3 atom stereocenters. The molecule has 3 unspecified atom stereocenters. The minimum Gasteiger partial charge on any atom is -0.353 e. The minimum atomic E-state index is 0.206. The average Bonchev–Trinajstić information content (AvgIpc) is 2.69. The molecule has 1 saturated carbocycles. The summed E-state index contributed by atoms with van der Waals surface area (Å²) in [6.45, 7) is 4.16. The van der Waals surface area contributed by atoms with E-state index in [-0.39, 0.29) is 5.91 Å². The van der Waals surface area contributed by atoms with Gasteiger partial charge in [0.05, 0.1) is 0 Å². The molecule has 2 rings (SSSR count). The molecule has 0 aromatic rings. The van der Waals surface area contributed by atoms with E-state index in [0.29, 0.717) is 18.4 Å². The van der Waals surface area contributed by atoms with Gasteiger partial charge in [-0.1, -0.05) is 6.92 Å². The lowest BCUT2D eigenvalue weighted by Crippen LogP contribution is -2.38. The molecule has 0 aromatic heterocycles. The van der Waals surface area contributed by atoms with Gasteiger partial charge in [-0.15, -0.1) is 0 Å². The van der Waals surface area contributed by atoms with Gasteiger partial charge in [-0.2, -0.15) is 0 Å². The third-order valence-corrected chi connectivity index (χ3v) is 3.42. The zero-order chi connectivity index (χ0) is 9.26. The van der Waals surface area contributed by atoms with Crippen LogP contribution in [0.5, 0.6) is 0 Å². The van der Waals surface area contributed by atoms with E-state index in [2.05, 4.69) is 10.6 Å². The number of hydrogen-bond donors (Lipinski definition) is 2. The molecule has 1 aliphatic carbocycles. The van der Waals surface area contributed by atoms with Gasteiger partial charge in [0.15, 0.2) is 0 Å². The van der Waals surface area contributed by atoms with E-state index in [1.54, 1.807) is 0 Å². The zero-order valence-corrected chi connectivity index (χ0v) is 8.18. The molecule has 1 heterocycles. The van der Waals surface area contributed by atoms with E-state index in [1.165, 1.54) is 12.8 Å². The van der Waals surface area contributed by atoms with Gasteiger partial charge in [-0.3, -0.25) is 4.79 Å². The molecular formula is C10H18N2O. The second kappa shape index (κ2) is 3.66. The Labute approximate surface area is 79.3 Å². The molecule has 0 aromatic carbocycles. The Morgan fingerprint density at radius 3 is 3.08 bits per heavy atom. The minimum absolute atomic E-state index is 0.206. The molecule has 1 saturated heterocycles. The highest BCUT2D eigenvalue weighted by molar-refractivity contribution is 5.75. The van der Waals surface area contributed by atoms with Gasteiger partial charge in [0.1, 0.15) is 0 Å². The number of amides is 1. The van der Waals surface area contributed by atoms with Crippen LogP contribution < -0.4 is 10.6 Å². The molecule has 2 fully saturated rings. The molecule has 1 amide bonds. The Morgan fingerprint density at radius 2 is 2.31 bits per heavy atom. The van der Waals surface area contributed by atoms with Crippen molar-refractivity contribution >= 4 is 5.91 Å². The number of nitrogens with one attached hydrogen (secondary N) is 2. The van der Waals surface area contributed by atoms with Gasteiger partial charge in [-0.05, 0) is 31.2 Å². The normalized spacial score (nSPS) is 37.5. The van der Waals surface area contributed by atoms with Gasteiger partial charge in [0.25, 0.3) is 0 Å². The molecule has 2 aliphatic rings. The van der Waals surface area contributed by atoms with E-state index >= 15 is 0 Å². The van der Waals surface area contributed by atoms with Crippen LogP contribution in [0.2, 0.25) is 0 Å². The Bertz CT molecular complexity index is 205. The second-order valence-electron chi connectivity index (χ2n) is 4.19. The summed E-state index contributed by atoms with van der Waals surface area (Å²) in [5.41, 5.74) is 0. The lowest BCUT2D eigenvalue weighted by molar-refractivity contribution is -0.121. The summed E-state index contributed by atoms with van der Waals surface area (Å²) in [5, 5.41) is 6.52. The van der Waals surface area contributed by atoms with E-state index in [1.807, 2.05) is 6.92 Å². The summed E-state index contributed by atoms with van der Waals surface area (Å²) >= 11 is 0. The fraction of sp³-hybridized carbons (Fsp3) is 0.900. The lowest BCUT2D eigenvalue weighted by Gasteiger charge is -2.18. The van der Waals surface area contributed by atoms with Crippen LogP contribution in [-0.2, 0) is 4.79 Å². The Kier molecular flexibility index (Phi) is 2.54. The predicted octanol–water partition coefficient (Wildman–Crippen LogP) is 0.511. The zero-order valence-electron chi connectivity index (χ0n) is 8.18. The molecule has 13 heavy (non-hydrogen) atoms. The lowest BCUT2D eigenvalue weighted by atomic mass is 9.98. The van der Waals surface area contributed by atoms with Crippen LogP contribution >= 0.6 is 0 Å². The van der Waals surface area contributed by atoms with Crippen molar-refractivity contribution in [3.05, 3.63) is 0 Å². The molecule has 3 heteroatoms. The molecule has 74 valence electrons. The van der Waals surface area contributed by atoms with Gasteiger partial charge >= 0.3 is 0 Å². The van der Waals surface area contributed by atoms with Crippen LogP contribution in [-0.4, -0.2) is 25.0 Å². The highest BCUT2D eigenvalue weighted by atomic mass is 16.1. The summed E-state index contributed by atoms with van der Waals surface area (Å²) < 4.78 is 0. The van der Waals surface area contributed by atoms with Crippen molar-refractivity contribution in [3.63, 3.8) is 0 Å². The van der Waals surface area contributed by atoms with Gasteiger partial charge < -0.3 is 10.6 Å². The van der Waals surface area contributed by atoms with Crippen molar-refractivity contribution in [2.75, 3.05) is 13.1 Å². The van der Waals surface area contributed by atoms with Crippen molar-refractivity contribution in [1.82, 2.24) is 10.6 Å². The molecule has 3 nitrogen and oxygen atoms in total.